The summed E-state index contributed by atoms with van der Waals surface area (Å²) in [6.07, 6.45) is 2.71. The number of rotatable bonds is 9. The maximum absolute atomic E-state index is 12.6. The number of anilines is 1. The van der Waals surface area contributed by atoms with Crippen LogP contribution in [-0.4, -0.2) is 38.7 Å². The highest BCUT2D eigenvalue weighted by atomic mass is 32.1. The number of aromatic nitrogens is 2. The first-order valence-corrected chi connectivity index (χ1v) is 11.9. The fourth-order valence-electron chi connectivity index (χ4n) is 3.78. The molecule has 3 heterocycles. The van der Waals surface area contributed by atoms with Crippen molar-refractivity contribution in [2.24, 2.45) is 0 Å². The van der Waals surface area contributed by atoms with E-state index < -0.39 is 0 Å². The second-order valence-corrected chi connectivity index (χ2v) is 9.51. The lowest BCUT2D eigenvalue weighted by Crippen LogP contribution is -2.29. The van der Waals surface area contributed by atoms with E-state index in [2.05, 4.69) is 15.3 Å². The van der Waals surface area contributed by atoms with Crippen LogP contribution in [-0.2, 0) is 33.8 Å². The lowest BCUT2D eigenvalue weighted by atomic mass is 10.1. The van der Waals surface area contributed by atoms with Gasteiger partial charge in [0, 0.05) is 42.5 Å². The van der Waals surface area contributed by atoms with Gasteiger partial charge in [0.2, 0.25) is 17.7 Å². The number of thiazole rings is 1. The number of amides is 3. The molecule has 34 heavy (non-hydrogen) atoms. The van der Waals surface area contributed by atoms with Crippen LogP contribution in [0.15, 0.2) is 48.7 Å². The van der Waals surface area contributed by atoms with Gasteiger partial charge in [-0.3, -0.25) is 24.3 Å². The van der Waals surface area contributed by atoms with Gasteiger partial charge in [0.15, 0.2) is 5.13 Å². The number of pyridine rings is 1. The Hall–Kier alpha value is -3.59. The molecular weight excluding hydrogens is 452 g/mol. The second-order valence-electron chi connectivity index (χ2n) is 8.28. The highest BCUT2D eigenvalue weighted by Gasteiger charge is 2.29. The van der Waals surface area contributed by atoms with Crippen LogP contribution in [0.2, 0.25) is 0 Å². The molecule has 176 valence electrons. The van der Waals surface area contributed by atoms with E-state index in [1.165, 1.54) is 16.2 Å². The molecule has 1 saturated heterocycles. The van der Waals surface area contributed by atoms with Crippen molar-refractivity contribution >= 4 is 34.2 Å². The Balaban J connectivity index is 1.51. The van der Waals surface area contributed by atoms with Crippen LogP contribution in [0.4, 0.5) is 5.13 Å². The average Bonchev–Trinajstić information content (AvgIpc) is 3.33. The molecule has 1 N–H and O–H groups in total. The van der Waals surface area contributed by atoms with Gasteiger partial charge in [-0.05, 0) is 19.4 Å². The van der Waals surface area contributed by atoms with Crippen molar-refractivity contribution in [3.63, 3.8) is 0 Å². The summed E-state index contributed by atoms with van der Waals surface area (Å²) in [7, 11) is 0. The summed E-state index contributed by atoms with van der Waals surface area (Å²) >= 11 is 1.39. The van der Waals surface area contributed by atoms with E-state index in [0.29, 0.717) is 28.7 Å². The molecule has 9 heteroatoms. The summed E-state index contributed by atoms with van der Waals surface area (Å²) in [6.45, 7) is 3.94. The third-order valence-electron chi connectivity index (χ3n) is 5.29. The Morgan fingerprint density at radius 1 is 1.15 bits per heavy atom. The predicted octanol–water partition coefficient (Wildman–Crippen LogP) is 3.69. The first kappa shape index (κ1) is 23.6. The Labute approximate surface area is 202 Å². The van der Waals surface area contributed by atoms with Crippen molar-refractivity contribution in [2.75, 3.05) is 5.32 Å². The van der Waals surface area contributed by atoms with E-state index in [9.17, 15) is 14.4 Å². The van der Waals surface area contributed by atoms with E-state index in [0.717, 1.165) is 10.4 Å². The van der Waals surface area contributed by atoms with E-state index in [1.807, 2.05) is 44.2 Å². The van der Waals surface area contributed by atoms with Crippen LogP contribution in [0.5, 0.6) is 5.75 Å². The Morgan fingerprint density at radius 2 is 1.85 bits per heavy atom. The number of carbonyl (C=O) groups is 3. The van der Waals surface area contributed by atoms with Crippen LogP contribution in [0, 0.1) is 6.92 Å². The van der Waals surface area contributed by atoms with Crippen molar-refractivity contribution in [3.8, 4) is 5.75 Å². The number of carbonyl (C=O) groups excluding carboxylic acids is 3. The minimum Gasteiger partial charge on any atom is -0.490 e. The molecule has 0 radical (unpaired) electrons. The topological polar surface area (TPSA) is 101 Å². The highest BCUT2D eigenvalue weighted by Crippen LogP contribution is 2.22. The maximum atomic E-state index is 12.6. The van der Waals surface area contributed by atoms with Gasteiger partial charge in [-0.2, -0.15) is 0 Å². The molecule has 2 aromatic heterocycles. The van der Waals surface area contributed by atoms with E-state index >= 15 is 0 Å². The average molecular weight is 479 g/mol. The monoisotopic (exact) mass is 478 g/mol. The van der Waals surface area contributed by atoms with E-state index in [4.69, 9.17) is 4.74 Å². The number of ether oxygens (including phenoxy) is 1. The van der Waals surface area contributed by atoms with Gasteiger partial charge in [-0.1, -0.05) is 30.3 Å². The molecule has 3 amide bonds. The first-order valence-electron chi connectivity index (χ1n) is 11.1. The third kappa shape index (κ3) is 6.26. The van der Waals surface area contributed by atoms with Gasteiger partial charge in [-0.25, -0.2) is 4.98 Å². The minimum absolute atomic E-state index is 0.0117. The normalized spacial score (nSPS) is 14.4. The Kier molecular flexibility index (Phi) is 7.32. The molecule has 8 nitrogen and oxygen atoms in total. The van der Waals surface area contributed by atoms with Crippen molar-refractivity contribution < 1.29 is 19.1 Å². The summed E-state index contributed by atoms with van der Waals surface area (Å²) < 4.78 is 6.15. The molecule has 0 unspecified atom stereocenters. The summed E-state index contributed by atoms with van der Waals surface area (Å²) in [6, 6.07) is 13.5. The van der Waals surface area contributed by atoms with Gasteiger partial charge in [-0.15, -0.1) is 11.3 Å². The highest BCUT2D eigenvalue weighted by molar-refractivity contribution is 7.15. The molecule has 3 aromatic rings. The number of hydrogen-bond acceptors (Lipinski definition) is 7. The van der Waals surface area contributed by atoms with Crippen molar-refractivity contribution in [1.82, 2.24) is 14.9 Å². The van der Waals surface area contributed by atoms with Crippen molar-refractivity contribution in [1.29, 1.82) is 0 Å². The van der Waals surface area contributed by atoms with Crippen LogP contribution >= 0.6 is 11.3 Å². The van der Waals surface area contributed by atoms with E-state index in [1.54, 1.807) is 18.3 Å². The number of nitrogens with one attached hydrogen (secondary N) is 1. The summed E-state index contributed by atoms with van der Waals surface area (Å²) in [4.78, 5) is 47.7. The van der Waals surface area contributed by atoms with Crippen molar-refractivity contribution in [2.45, 2.75) is 52.2 Å². The predicted molar refractivity (Wildman–Crippen MR) is 128 cm³/mol. The molecule has 4 rings (SSSR count). The van der Waals surface area contributed by atoms with Crippen LogP contribution in [0.1, 0.15) is 41.6 Å². The maximum Gasteiger partial charge on any atom is 0.232 e. The number of likely N-dealkylation sites (tertiary alicyclic amines) is 1. The summed E-state index contributed by atoms with van der Waals surface area (Å²) in [5.74, 6) is -0.140. The number of benzene rings is 1. The van der Waals surface area contributed by atoms with Gasteiger partial charge in [0.1, 0.15) is 5.75 Å². The van der Waals surface area contributed by atoms with Crippen LogP contribution in [0.3, 0.4) is 0 Å². The molecule has 0 bridgehead atoms. The molecule has 1 aromatic carbocycles. The van der Waals surface area contributed by atoms with Gasteiger partial charge >= 0.3 is 0 Å². The van der Waals surface area contributed by atoms with Crippen LogP contribution < -0.4 is 10.1 Å². The largest absolute Gasteiger partial charge is 0.490 e. The zero-order chi connectivity index (χ0) is 24.1. The molecule has 0 spiro atoms. The molecule has 1 fully saturated rings. The standard InChI is InChI=1S/C25H26N4O4S/c1-16(10-18-6-4-3-5-7-18)33-21-11-19(13-22(30)28-25-26-14-17(2)34-25)27-20(12-21)15-29-23(31)8-9-24(29)32/h3-7,11-12,14,16H,8-10,13,15H2,1-2H3,(H,26,28,30)/t16-/m0/s1. The second kappa shape index (κ2) is 10.6. The number of aryl methyl sites for hydroxylation is 1. The van der Waals surface area contributed by atoms with E-state index in [-0.39, 0.29) is 49.6 Å². The zero-order valence-electron chi connectivity index (χ0n) is 19.1. The summed E-state index contributed by atoms with van der Waals surface area (Å²) in [5.41, 5.74) is 2.14. The number of hydrogen-bond donors (Lipinski definition) is 1. The smallest absolute Gasteiger partial charge is 0.232 e. The lowest BCUT2D eigenvalue weighted by molar-refractivity contribution is -0.139. The Morgan fingerprint density at radius 3 is 2.53 bits per heavy atom. The SMILES string of the molecule is Cc1cnc(NC(=O)Cc2cc(O[C@@H](C)Cc3ccccc3)cc(CN3C(=O)CCC3=O)n2)s1. The fourth-order valence-corrected chi connectivity index (χ4v) is 4.46. The minimum atomic E-state index is -0.254. The summed E-state index contributed by atoms with van der Waals surface area (Å²) in [5, 5.41) is 3.31. The van der Waals surface area contributed by atoms with Gasteiger partial charge in [0.05, 0.1) is 30.5 Å². The third-order valence-corrected chi connectivity index (χ3v) is 6.12. The zero-order valence-corrected chi connectivity index (χ0v) is 19.9. The molecular formula is C25H26N4O4S. The molecule has 1 aliphatic heterocycles. The quantitative estimate of drug-likeness (QED) is 0.471. The molecule has 0 aliphatic carbocycles. The lowest BCUT2D eigenvalue weighted by Gasteiger charge is -2.18. The first-order chi connectivity index (χ1) is 16.4. The fraction of sp³-hybridized carbons (Fsp3) is 0.320. The number of nitrogens with zero attached hydrogens (tertiary/aromatic N) is 3. The Bertz CT molecular complexity index is 1180. The van der Waals surface area contributed by atoms with Gasteiger partial charge < -0.3 is 10.1 Å². The molecule has 1 aliphatic rings. The molecule has 1 atom stereocenters. The number of imide groups is 1. The van der Waals surface area contributed by atoms with Crippen LogP contribution in [0.25, 0.3) is 0 Å². The molecule has 0 saturated carbocycles. The van der Waals surface area contributed by atoms with Gasteiger partial charge in [0.25, 0.3) is 0 Å². The van der Waals surface area contributed by atoms with Crippen molar-refractivity contribution in [3.05, 3.63) is 70.5 Å².